The predicted molar refractivity (Wildman–Crippen MR) is 58.0 cm³/mol. The topological polar surface area (TPSA) is 24.7 Å². The van der Waals surface area contributed by atoms with Crippen molar-refractivity contribution < 1.29 is 0 Å². The maximum Gasteiger partial charge on any atom is 0.0848 e. The van der Waals surface area contributed by atoms with E-state index in [1.165, 1.54) is 5.57 Å². The number of hydrogen-bond acceptors (Lipinski definition) is 2. The van der Waals surface area contributed by atoms with Gasteiger partial charge in [-0.1, -0.05) is 32.1 Å². The van der Waals surface area contributed by atoms with E-state index < -0.39 is 0 Å². The van der Waals surface area contributed by atoms with Crippen LogP contribution in [0.1, 0.15) is 27.2 Å². The summed E-state index contributed by atoms with van der Waals surface area (Å²) in [7, 11) is 1.69. The lowest BCUT2D eigenvalue weighted by molar-refractivity contribution is 0.660. The van der Waals surface area contributed by atoms with E-state index >= 15 is 0 Å². The average Bonchev–Trinajstić information content (AvgIpc) is 2.03. The van der Waals surface area contributed by atoms with Crippen molar-refractivity contribution in [1.29, 1.82) is 0 Å². The van der Waals surface area contributed by atoms with Gasteiger partial charge in [0.15, 0.2) is 0 Å². The molecule has 2 nitrogen and oxygen atoms in total. The summed E-state index contributed by atoms with van der Waals surface area (Å²) in [5, 5.41) is 7.70. The first-order valence-electron chi connectivity index (χ1n) is 4.68. The fraction of sp³-hybridized carbons (Fsp3) is 0.636. The molecule has 0 aliphatic carbocycles. The third kappa shape index (κ3) is 6.26. The highest BCUT2D eigenvalue weighted by atomic mass is 15.1. The molecule has 0 heterocycles. The molecule has 0 saturated carbocycles. The largest absolute Gasteiger partial charge is 0.197 e. The van der Waals surface area contributed by atoms with Crippen molar-refractivity contribution in [2.75, 3.05) is 13.6 Å². The molecule has 0 rings (SSSR count). The summed E-state index contributed by atoms with van der Waals surface area (Å²) < 4.78 is 0. The van der Waals surface area contributed by atoms with Gasteiger partial charge in [0.05, 0.1) is 6.54 Å². The van der Waals surface area contributed by atoms with Gasteiger partial charge in [0, 0.05) is 7.05 Å². The fourth-order valence-corrected chi connectivity index (χ4v) is 0.899. The first kappa shape index (κ1) is 12.1. The monoisotopic (exact) mass is 180 g/mol. The van der Waals surface area contributed by atoms with Crippen molar-refractivity contribution in [1.82, 2.24) is 0 Å². The van der Waals surface area contributed by atoms with Gasteiger partial charge in [0.2, 0.25) is 0 Å². The smallest absolute Gasteiger partial charge is 0.0848 e. The van der Waals surface area contributed by atoms with E-state index in [9.17, 15) is 0 Å². The Hall–Kier alpha value is -0.920. The SMILES string of the molecule is C=C(C)/C(=C/CC(C)C)CN=NC. The molecule has 0 bridgehead atoms. The molecule has 2 heteroatoms. The second-order valence-electron chi connectivity index (χ2n) is 3.64. The van der Waals surface area contributed by atoms with Crippen molar-refractivity contribution in [2.45, 2.75) is 27.2 Å². The van der Waals surface area contributed by atoms with Gasteiger partial charge < -0.3 is 0 Å². The number of rotatable bonds is 5. The molecule has 0 fully saturated rings. The Labute approximate surface area is 81.5 Å². The Morgan fingerprint density at radius 2 is 2.08 bits per heavy atom. The molecule has 0 aliphatic heterocycles. The molecule has 0 aromatic carbocycles. The third-order valence-electron chi connectivity index (χ3n) is 1.77. The number of nitrogens with zero attached hydrogens (tertiary/aromatic N) is 2. The van der Waals surface area contributed by atoms with E-state index in [1.807, 2.05) is 6.92 Å². The Kier molecular flexibility index (Phi) is 6.11. The average molecular weight is 180 g/mol. The molecular formula is C11H20N2. The highest BCUT2D eigenvalue weighted by Gasteiger charge is 1.97. The molecule has 0 N–H and O–H groups in total. The van der Waals surface area contributed by atoms with Crippen molar-refractivity contribution in [3.05, 3.63) is 23.8 Å². The number of hydrogen-bond donors (Lipinski definition) is 0. The van der Waals surface area contributed by atoms with Crippen molar-refractivity contribution in [3.63, 3.8) is 0 Å². The zero-order valence-electron chi connectivity index (χ0n) is 9.17. The standard InChI is InChI=1S/C11H20N2/c1-9(2)6-7-11(10(3)4)8-13-12-5/h7,9H,3,6,8H2,1-2,4-5H3/b11-7+,13-12?. The number of azo groups is 1. The molecule has 0 radical (unpaired) electrons. The molecule has 13 heavy (non-hydrogen) atoms. The summed E-state index contributed by atoms with van der Waals surface area (Å²) in [6.07, 6.45) is 3.29. The van der Waals surface area contributed by atoms with Crippen molar-refractivity contribution in [3.8, 4) is 0 Å². The van der Waals surface area contributed by atoms with Crippen LogP contribution >= 0.6 is 0 Å². The molecule has 74 valence electrons. The van der Waals surface area contributed by atoms with Crippen LogP contribution in [0, 0.1) is 5.92 Å². The lowest BCUT2D eigenvalue weighted by Gasteiger charge is -2.04. The number of allylic oxidation sites excluding steroid dienone is 1. The van der Waals surface area contributed by atoms with Gasteiger partial charge in [0.25, 0.3) is 0 Å². The Morgan fingerprint density at radius 1 is 1.46 bits per heavy atom. The molecule has 0 atom stereocenters. The van der Waals surface area contributed by atoms with E-state index in [0.717, 1.165) is 12.0 Å². The summed E-state index contributed by atoms with van der Waals surface area (Å²) in [6.45, 7) is 11.0. The lowest BCUT2D eigenvalue weighted by atomic mass is 10.0. The van der Waals surface area contributed by atoms with Gasteiger partial charge in [-0.05, 0) is 24.8 Å². The van der Waals surface area contributed by atoms with Crippen molar-refractivity contribution >= 4 is 0 Å². The normalized spacial score (nSPS) is 12.8. The van der Waals surface area contributed by atoms with Crippen LogP contribution in [0.15, 0.2) is 34.0 Å². The summed E-state index contributed by atoms with van der Waals surface area (Å²) in [6, 6.07) is 0. The zero-order valence-corrected chi connectivity index (χ0v) is 9.17. The van der Waals surface area contributed by atoms with Gasteiger partial charge >= 0.3 is 0 Å². The molecule has 0 aliphatic rings. The molecule has 0 aromatic heterocycles. The minimum Gasteiger partial charge on any atom is -0.197 e. The highest BCUT2D eigenvalue weighted by Crippen LogP contribution is 2.11. The molecule has 0 aromatic rings. The Bertz CT molecular complexity index is 212. The quantitative estimate of drug-likeness (QED) is 0.456. The van der Waals surface area contributed by atoms with Gasteiger partial charge in [-0.15, -0.1) is 0 Å². The van der Waals surface area contributed by atoms with E-state index in [4.69, 9.17) is 0 Å². The maximum atomic E-state index is 3.97. The van der Waals surface area contributed by atoms with Crippen LogP contribution in [0.25, 0.3) is 0 Å². The molecule has 0 unspecified atom stereocenters. The molecule has 0 spiro atoms. The van der Waals surface area contributed by atoms with Gasteiger partial charge in [0.1, 0.15) is 0 Å². The van der Waals surface area contributed by atoms with Crippen LogP contribution in [0.3, 0.4) is 0 Å². The third-order valence-corrected chi connectivity index (χ3v) is 1.77. The van der Waals surface area contributed by atoms with Crippen molar-refractivity contribution in [2.24, 2.45) is 16.1 Å². The fourth-order valence-electron chi connectivity index (χ4n) is 0.899. The van der Waals surface area contributed by atoms with E-state index in [2.05, 4.69) is 36.7 Å². The zero-order chi connectivity index (χ0) is 10.3. The Balaban J connectivity index is 4.23. The second-order valence-corrected chi connectivity index (χ2v) is 3.64. The van der Waals surface area contributed by atoms with Crippen LogP contribution in [-0.2, 0) is 0 Å². The van der Waals surface area contributed by atoms with Crippen LogP contribution in [0.5, 0.6) is 0 Å². The molecule has 0 amide bonds. The summed E-state index contributed by atoms with van der Waals surface area (Å²) >= 11 is 0. The van der Waals surface area contributed by atoms with Crippen LogP contribution < -0.4 is 0 Å². The summed E-state index contributed by atoms with van der Waals surface area (Å²) in [5.41, 5.74) is 2.30. The van der Waals surface area contributed by atoms with Gasteiger partial charge in [-0.25, -0.2) is 0 Å². The predicted octanol–water partition coefficient (Wildman–Crippen LogP) is 3.62. The van der Waals surface area contributed by atoms with Crippen LogP contribution in [-0.4, -0.2) is 13.6 Å². The summed E-state index contributed by atoms with van der Waals surface area (Å²) in [5.74, 6) is 0.688. The van der Waals surface area contributed by atoms with E-state index in [1.54, 1.807) is 7.05 Å². The second kappa shape index (κ2) is 6.58. The Morgan fingerprint density at radius 3 is 2.46 bits per heavy atom. The first-order chi connectivity index (χ1) is 6.07. The molecular weight excluding hydrogens is 160 g/mol. The maximum absolute atomic E-state index is 3.97. The highest BCUT2D eigenvalue weighted by molar-refractivity contribution is 5.27. The van der Waals surface area contributed by atoms with E-state index in [0.29, 0.717) is 12.5 Å². The lowest BCUT2D eigenvalue weighted by Crippen LogP contribution is -1.92. The molecule has 0 saturated heterocycles. The van der Waals surface area contributed by atoms with Crippen LogP contribution in [0.2, 0.25) is 0 Å². The first-order valence-corrected chi connectivity index (χ1v) is 4.68. The minimum atomic E-state index is 0.665. The van der Waals surface area contributed by atoms with Gasteiger partial charge in [-0.2, -0.15) is 10.2 Å². The van der Waals surface area contributed by atoms with Gasteiger partial charge in [-0.3, -0.25) is 0 Å². The van der Waals surface area contributed by atoms with E-state index in [-0.39, 0.29) is 0 Å². The minimum absolute atomic E-state index is 0.665. The summed E-state index contributed by atoms with van der Waals surface area (Å²) in [4.78, 5) is 0. The van der Waals surface area contributed by atoms with Crippen LogP contribution in [0.4, 0.5) is 0 Å².